The number of carbonyl (C=O) groups excluding carboxylic acids is 2. The van der Waals surface area contributed by atoms with Crippen LogP contribution in [0.25, 0.3) is 0 Å². The number of pyridine rings is 1. The molecule has 0 spiro atoms. The van der Waals surface area contributed by atoms with E-state index in [4.69, 9.17) is 4.42 Å². The molecule has 1 aliphatic heterocycles. The minimum Gasteiger partial charge on any atom is -0.448 e. The fourth-order valence-corrected chi connectivity index (χ4v) is 5.00. The van der Waals surface area contributed by atoms with Gasteiger partial charge in [0.25, 0.3) is 0 Å². The number of carbonyl (C=O) groups is 2. The smallest absolute Gasteiger partial charge is 0.436 e. The molecule has 40 heavy (non-hydrogen) atoms. The minimum absolute atomic E-state index is 0.256. The SMILES string of the molecule is O=C(NC(c1ccccc1)c1ccc(C2CC(F)(F)C2)cn1)C1CC(F)CN1C(=O)Cc1nc(C(F)(F)F)co1. The third kappa shape index (κ3) is 5.97. The fourth-order valence-electron chi connectivity index (χ4n) is 5.00. The van der Waals surface area contributed by atoms with E-state index in [9.17, 15) is 35.9 Å². The summed E-state index contributed by atoms with van der Waals surface area (Å²) in [6.45, 7) is -0.418. The van der Waals surface area contributed by atoms with Crippen LogP contribution in [0, 0.1) is 0 Å². The van der Waals surface area contributed by atoms with Crippen molar-refractivity contribution in [3.05, 3.63) is 83.3 Å². The summed E-state index contributed by atoms with van der Waals surface area (Å²) in [4.78, 5) is 34.9. The Bertz CT molecular complexity index is 1350. The van der Waals surface area contributed by atoms with E-state index in [0.717, 1.165) is 4.90 Å². The standard InChI is InChI=1S/C27H24F6N4O3/c28-18-8-20(37(13-18)23(38)9-22-35-21(14-40-22)27(31,32)33)25(39)36-24(15-4-2-1-3-5-15)19-7-6-16(12-34-19)17-10-26(29,30)11-17/h1-7,12,14,17-18,20,24H,8-11,13H2,(H,36,39). The molecule has 0 radical (unpaired) electrons. The number of likely N-dealkylation sites (tertiary alicyclic amines) is 1. The van der Waals surface area contributed by atoms with Gasteiger partial charge in [-0.1, -0.05) is 36.4 Å². The van der Waals surface area contributed by atoms with Gasteiger partial charge in [0.1, 0.15) is 24.9 Å². The van der Waals surface area contributed by atoms with E-state index in [1.165, 1.54) is 6.20 Å². The predicted molar refractivity (Wildman–Crippen MR) is 128 cm³/mol. The lowest BCUT2D eigenvalue weighted by Gasteiger charge is -2.35. The van der Waals surface area contributed by atoms with Crippen LogP contribution in [0.5, 0.6) is 0 Å². The Labute approximate surface area is 224 Å². The van der Waals surface area contributed by atoms with Crippen molar-refractivity contribution in [3.8, 4) is 0 Å². The zero-order chi connectivity index (χ0) is 28.7. The molecule has 3 heterocycles. The first-order valence-corrected chi connectivity index (χ1v) is 12.5. The maximum absolute atomic E-state index is 14.4. The molecule has 3 atom stereocenters. The monoisotopic (exact) mass is 566 g/mol. The average molecular weight is 567 g/mol. The Morgan fingerprint density at radius 1 is 1.12 bits per heavy atom. The van der Waals surface area contributed by atoms with Crippen LogP contribution in [0.15, 0.2) is 59.3 Å². The maximum Gasteiger partial charge on any atom is 0.436 e. The summed E-state index contributed by atoms with van der Waals surface area (Å²) in [5.41, 5.74) is 0.394. The number of amides is 2. The zero-order valence-corrected chi connectivity index (χ0v) is 20.9. The van der Waals surface area contributed by atoms with Crippen LogP contribution in [0.1, 0.15) is 59.6 Å². The number of alkyl halides is 6. The molecule has 5 rings (SSSR count). The molecule has 13 heteroatoms. The van der Waals surface area contributed by atoms with Crippen molar-refractivity contribution >= 4 is 11.8 Å². The van der Waals surface area contributed by atoms with Gasteiger partial charge < -0.3 is 14.6 Å². The molecule has 2 aliphatic rings. The van der Waals surface area contributed by atoms with Gasteiger partial charge in [0.05, 0.1) is 18.3 Å². The van der Waals surface area contributed by atoms with Gasteiger partial charge in [-0.15, -0.1) is 0 Å². The Morgan fingerprint density at radius 2 is 1.85 bits per heavy atom. The summed E-state index contributed by atoms with van der Waals surface area (Å²) in [6, 6.07) is 10.0. The first-order chi connectivity index (χ1) is 18.9. The summed E-state index contributed by atoms with van der Waals surface area (Å²) < 4.78 is 84.2. The van der Waals surface area contributed by atoms with Crippen LogP contribution in [0.3, 0.4) is 0 Å². The van der Waals surface area contributed by atoms with Crippen molar-refractivity contribution in [1.29, 1.82) is 0 Å². The molecule has 1 saturated carbocycles. The van der Waals surface area contributed by atoms with Crippen LogP contribution in [-0.2, 0) is 22.2 Å². The molecule has 2 amide bonds. The van der Waals surface area contributed by atoms with E-state index in [0.29, 0.717) is 23.1 Å². The number of nitrogens with zero attached hydrogens (tertiary/aromatic N) is 3. The number of oxazole rings is 1. The predicted octanol–water partition coefficient (Wildman–Crippen LogP) is 4.99. The summed E-state index contributed by atoms with van der Waals surface area (Å²) in [5, 5.41) is 2.80. The third-order valence-electron chi connectivity index (χ3n) is 7.10. The van der Waals surface area contributed by atoms with Gasteiger partial charge in [0.15, 0.2) is 5.69 Å². The van der Waals surface area contributed by atoms with Crippen molar-refractivity contribution in [3.63, 3.8) is 0 Å². The largest absolute Gasteiger partial charge is 0.448 e. The Hall–Kier alpha value is -3.90. The van der Waals surface area contributed by atoms with E-state index in [1.807, 2.05) is 0 Å². The molecule has 212 valence electrons. The molecular formula is C27H24F6N4O3. The highest BCUT2D eigenvalue weighted by atomic mass is 19.4. The molecule has 3 aromatic rings. The second kappa shape index (κ2) is 10.6. The molecule has 7 nitrogen and oxygen atoms in total. The number of hydrogen-bond acceptors (Lipinski definition) is 5. The van der Waals surface area contributed by atoms with Crippen molar-refractivity contribution in [2.75, 3.05) is 6.54 Å². The Balaban J connectivity index is 1.32. The van der Waals surface area contributed by atoms with E-state index in [-0.39, 0.29) is 25.2 Å². The lowest BCUT2D eigenvalue weighted by Crippen LogP contribution is -2.47. The Kier molecular flexibility index (Phi) is 7.32. The van der Waals surface area contributed by atoms with Crippen molar-refractivity contribution in [2.24, 2.45) is 0 Å². The van der Waals surface area contributed by atoms with Crippen LogP contribution in [0.2, 0.25) is 0 Å². The molecule has 1 saturated heterocycles. The third-order valence-corrected chi connectivity index (χ3v) is 7.10. The van der Waals surface area contributed by atoms with E-state index in [1.54, 1.807) is 42.5 Å². The maximum atomic E-state index is 14.4. The molecule has 2 aromatic heterocycles. The van der Waals surface area contributed by atoms with Crippen molar-refractivity contribution in [1.82, 2.24) is 20.2 Å². The second-order valence-corrected chi connectivity index (χ2v) is 10.0. The van der Waals surface area contributed by atoms with Gasteiger partial charge in [-0.05, 0) is 23.1 Å². The molecular weight excluding hydrogens is 542 g/mol. The quantitative estimate of drug-likeness (QED) is 0.408. The number of rotatable bonds is 7. The molecule has 1 aliphatic carbocycles. The van der Waals surface area contributed by atoms with Crippen LogP contribution in [0.4, 0.5) is 26.3 Å². The highest BCUT2D eigenvalue weighted by molar-refractivity contribution is 5.89. The lowest BCUT2D eigenvalue weighted by molar-refractivity contribution is -0.141. The highest BCUT2D eigenvalue weighted by Gasteiger charge is 2.46. The summed E-state index contributed by atoms with van der Waals surface area (Å²) in [5.74, 6) is -5.00. The van der Waals surface area contributed by atoms with Crippen molar-refractivity contribution in [2.45, 2.75) is 62.0 Å². The minimum atomic E-state index is -4.76. The molecule has 1 aromatic carbocycles. The normalized spacial score (nSPS) is 21.6. The van der Waals surface area contributed by atoms with Gasteiger partial charge in [-0.25, -0.2) is 18.2 Å². The lowest BCUT2D eigenvalue weighted by atomic mass is 9.77. The summed E-state index contributed by atoms with van der Waals surface area (Å²) in [7, 11) is 0. The number of aromatic nitrogens is 2. The van der Waals surface area contributed by atoms with Gasteiger partial charge in [0.2, 0.25) is 23.6 Å². The summed E-state index contributed by atoms with van der Waals surface area (Å²) in [6.07, 6.45) is -5.91. The number of hydrogen-bond donors (Lipinski definition) is 1. The van der Waals surface area contributed by atoms with Crippen molar-refractivity contribution < 1.29 is 40.3 Å². The molecule has 1 N–H and O–H groups in total. The molecule has 2 fully saturated rings. The zero-order valence-electron chi connectivity index (χ0n) is 20.9. The topological polar surface area (TPSA) is 88.3 Å². The van der Waals surface area contributed by atoms with Crippen LogP contribution < -0.4 is 5.32 Å². The van der Waals surface area contributed by atoms with Gasteiger partial charge >= 0.3 is 6.18 Å². The molecule has 0 bridgehead atoms. The van der Waals surface area contributed by atoms with Gasteiger partial charge in [0, 0.05) is 25.5 Å². The van der Waals surface area contributed by atoms with Crippen LogP contribution >= 0.6 is 0 Å². The average Bonchev–Trinajstić information content (AvgIpc) is 3.53. The Morgan fingerprint density at radius 3 is 2.45 bits per heavy atom. The summed E-state index contributed by atoms with van der Waals surface area (Å²) >= 11 is 0. The first kappa shape index (κ1) is 27.7. The van der Waals surface area contributed by atoms with E-state index >= 15 is 0 Å². The van der Waals surface area contributed by atoms with Gasteiger partial charge in [-0.2, -0.15) is 13.2 Å². The van der Waals surface area contributed by atoms with E-state index in [2.05, 4.69) is 15.3 Å². The first-order valence-electron chi connectivity index (χ1n) is 12.5. The van der Waals surface area contributed by atoms with E-state index < -0.39 is 66.7 Å². The second-order valence-electron chi connectivity index (χ2n) is 10.0. The van der Waals surface area contributed by atoms with Gasteiger partial charge in [-0.3, -0.25) is 14.6 Å². The molecule has 3 unspecified atom stereocenters. The van der Waals surface area contributed by atoms with Crippen LogP contribution in [-0.4, -0.2) is 51.4 Å². The highest BCUT2D eigenvalue weighted by Crippen LogP contribution is 2.48. The number of halogens is 6. The fraction of sp³-hybridized carbons (Fsp3) is 0.407. The number of nitrogens with one attached hydrogen (secondary N) is 1. The number of benzene rings is 1.